The van der Waals surface area contributed by atoms with Gasteiger partial charge < -0.3 is 30.8 Å². The first-order valence-electron chi connectivity index (χ1n) is 7.98. The molecule has 0 rings (SSSR count). The number of unbranched alkanes of at least 4 members (excludes halogenated alkanes) is 1. The second-order valence-electron chi connectivity index (χ2n) is 4.87. The van der Waals surface area contributed by atoms with Gasteiger partial charge in [0.25, 0.3) is 0 Å². The Balaban J connectivity index is 3.28. The van der Waals surface area contributed by atoms with E-state index in [1.807, 2.05) is 0 Å². The van der Waals surface area contributed by atoms with Crippen molar-refractivity contribution in [2.24, 2.45) is 0 Å². The van der Waals surface area contributed by atoms with Crippen LogP contribution in [0.15, 0.2) is 0 Å². The van der Waals surface area contributed by atoms with E-state index in [9.17, 15) is 14.4 Å². The fourth-order valence-electron chi connectivity index (χ4n) is 1.60. The molecule has 0 aliphatic rings. The summed E-state index contributed by atoms with van der Waals surface area (Å²) >= 11 is 0. The lowest BCUT2D eigenvalue weighted by molar-refractivity contribution is -0.129. The average Bonchev–Trinajstić information content (AvgIpc) is 2.56. The lowest BCUT2D eigenvalue weighted by Crippen LogP contribution is -2.32. The summed E-state index contributed by atoms with van der Waals surface area (Å²) in [5, 5.41) is 14.5. The van der Waals surface area contributed by atoms with Gasteiger partial charge in [-0.1, -0.05) is 0 Å². The van der Waals surface area contributed by atoms with Crippen LogP contribution in [-0.2, 0) is 23.9 Å². The van der Waals surface area contributed by atoms with Crippen molar-refractivity contribution >= 4 is 23.9 Å². The van der Waals surface area contributed by atoms with Crippen LogP contribution in [0.25, 0.3) is 0 Å². The third-order valence-electron chi connectivity index (χ3n) is 2.86. The molecule has 0 saturated carbocycles. The summed E-state index contributed by atoms with van der Waals surface area (Å²) in [4.78, 5) is 33.5. The Hall–Kier alpha value is -2.00. The molecule has 24 heavy (non-hydrogen) atoms. The molecule has 0 aliphatic carbocycles. The summed E-state index contributed by atoms with van der Waals surface area (Å²) in [6.07, 6.45) is 2.83. The molecule has 0 atom stereocenters. The molecular weight excluding hydrogens is 316 g/mol. The topological polar surface area (TPSA) is 130 Å². The van der Waals surface area contributed by atoms with E-state index >= 15 is 0 Å². The van der Waals surface area contributed by atoms with Crippen molar-refractivity contribution in [1.29, 1.82) is 5.41 Å². The van der Waals surface area contributed by atoms with E-state index in [1.54, 1.807) is 0 Å². The normalized spacial score (nSPS) is 10.0. The van der Waals surface area contributed by atoms with Crippen molar-refractivity contribution in [3.05, 3.63) is 0 Å². The molecule has 4 N–H and O–H groups in total. The Morgan fingerprint density at radius 2 is 1.50 bits per heavy atom. The van der Waals surface area contributed by atoms with E-state index in [0.717, 1.165) is 0 Å². The molecule has 138 valence electrons. The fourth-order valence-corrected chi connectivity index (χ4v) is 1.60. The van der Waals surface area contributed by atoms with Gasteiger partial charge in [0.1, 0.15) is 6.42 Å². The zero-order chi connectivity index (χ0) is 18.0. The minimum Gasteiger partial charge on any atom is -0.377 e. The van der Waals surface area contributed by atoms with Gasteiger partial charge >= 0.3 is 0 Å². The molecular formula is C15H28N4O5. The summed E-state index contributed by atoms with van der Waals surface area (Å²) < 4.78 is 10.5. The maximum Gasteiger partial charge on any atom is 0.229 e. The molecule has 0 aromatic carbocycles. The van der Waals surface area contributed by atoms with Crippen LogP contribution in [0.3, 0.4) is 0 Å². The van der Waals surface area contributed by atoms with Crippen molar-refractivity contribution < 1.29 is 23.9 Å². The first kappa shape index (κ1) is 22.0. The Kier molecular flexibility index (Phi) is 14.6. The minimum atomic E-state index is -0.342. The van der Waals surface area contributed by atoms with Gasteiger partial charge in [-0.25, -0.2) is 0 Å². The lowest BCUT2D eigenvalue weighted by atomic mass is 10.2. The van der Waals surface area contributed by atoms with Crippen LogP contribution in [0, 0.1) is 5.41 Å². The number of rotatable bonds is 15. The van der Waals surface area contributed by atoms with Gasteiger partial charge in [0.15, 0.2) is 0 Å². The van der Waals surface area contributed by atoms with Crippen molar-refractivity contribution in [1.82, 2.24) is 16.0 Å². The summed E-state index contributed by atoms with van der Waals surface area (Å²) in [5.74, 6) is -0.710. The average molecular weight is 344 g/mol. The Bertz CT molecular complexity index is 390. The monoisotopic (exact) mass is 344 g/mol. The number of hydrogen-bond donors (Lipinski definition) is 4. The standard InChI is InChI=1S/C15H28N4O5/c1-17-14(21)12-15(22)19-7-9-24-11-10-23-8-6-18-13(20)4-2-3-5-16/h5,16H,2-4,6-12H2,1H3,(H,17,21)(H,18,20)(H,19,22). The largest absolute Gasteiger partial charge is 0.377 e. The second kappa shape index (κ2) is 15.9. The molecule has 0 aromatic heterocycles. The number of carbonyl (C=O) groups is 3. The maximum absolute atomic E-state index is 11.3. The number of nitrogens with one attached hydrogen (secondary N) is 4. The van der Waals surface area contributed by atoms with Gasteiger partial charge in [-0.3, -0.25) is 14.4 Å². The van der Waals surface area contributed by atoms with Crippen LogP contribution < -0.4 is 16.0 Å². The highest BCUT2D eigenvalue weighted by atomic mass is 16.5. The zero-order valence-corrected chi connectivity index (χ0v) is 14.2. The predicted molar refractivity (Wildman–Crippen MR) is 89.0 cm³/mol. The number of carbonyl (C=O) groups excluding carboxylic acids is 3. The van der Waals surface area contributed by atoms with Gasteiger partial charge in [-0.15, -0.1) is 0 Å². The van der Waals surface area contributed by atoms with Crippen molar-refractivity contribution in [2.45, 2.75) is 25.7 Å². The molecule has 0 radical (unpaired) electrons. The van der Waals surface area contributed by atoms with Crippen molar-refractivity contribution in [3.8, 4) is 0 Å². The van der Waals surface area contributed by atoms with Crippen LogP contribution in [0.4, 0.5) is 0 Å². The van der Waals surface area contributed by atoms with Crippen LogP contribution in [0.2, 0.25) is 0 Å². The molecule has 0 aromatic rings. The fraction of sp³-hybridized carbons (Fsp3) is 0.733. The highest BCUT2D eigenvalue weighted by Crippen LogP contribution is 1.91. The summed E-state index contributed by atoms with van der Waals surface area (Å²) in [7, 11) is 1.47. The highest BCUT2D eigenvalue weighted by Gasteiger charge is 2.06. The van der Waals surface area contributed by atoms with Gasteiger partial charge in [0.2, 0.25) is 17.7 Å². The third kappa shape index (κ3) is 14.9. The Labute approximate surface area is 142 Å². The maximum atomic E-state index is 11.3. The van der Waals surface area contributed by atoms with Gasteiger partial charge in [-0.2, -0.15) is 0 Å². The molecule has 0 fully saturated rings. The SMILES string of the molecule is CNC(=O)CC(=O)NCCOCCOCCNC(=O)CCCC=N. The molecule has 0 spiro atoms. The molecule has 0 unspecified atom stereocenters. The van der Waals surface area contributed by atoms with Crippen LogP contribution in [0.5, 0.6) is 0 Å². The van der Waals surface area contributed by atoms with E-state index in [2.05, 4.69) is 16.0 Å². The van der Waals surface area contributed by atoms with E-state index in [4.69, 9.17) is 14.9 Å². The smallest absolute Gasteiger partial charge is 0.229 e. The first-order chi connectivity index (χ1) is 11.6. The minimum absolute atomic E-state index is 0.0378. The molecule has 0 saturated heterocycles. The Morgan fingerprint density at radius 1 is 0.917 bits per heavy atom. The molecule has 3 amide bonds. The first-order valence-corrected chi connectivity index (χ1v) is 7.98. The van der Waals surface area contributed by atoms with Gasteiger partial charge in [0, 0.05) is 26.6 Å². The van der Waals surface area contributed by atoms with Gasteiger partial charge in [0.05, 0.1) is 26.4 Å². The van der Waals surface area contributed by atoms with Crippen LogP contribution in [0.1, 0.15) is 25.7 Å². The molecule has 9 heteroatoms. The second-order valence-corrected chi connectivity index (χ2v) is 4.87. The van der Waals surface area contributed by atoms with E-state index in [-0.39, 0.29) is 24.1 Å². The summed E-state index contributed by atoms with van der Waals surface area (Å²) in [6, 6.07) is 0. The van der Waals surface area contributed by atoms with Gasteiger partial charge in [-0.05, 0) is 19.1 Å². The number of amides is 3. The van der Waals surface area contributed by atoms with Crippen LogP contribution in [-0.4, -0.2) is 70.5 Å². The van der Waals surface area contributed by atoms with Crippen molar-refractivity contribution in [3.63, 3.8) is 0 Å². The molecule has 0 bridgehead atoms. The van der Waals surface area contributed by atoms with E-state index in [0.29, 0.717) is 58.8 Å². The van der Waals surface area contributed by atoms with Crippen molar-refractivity contribution in [2.75, 3.05) is 46.6 Å². The number of ether oxygens (including phenoxy) is 2. The summed E-state index contributed by atoms with van der Waals surface area (Å²) in [5.41, 5.74) is 0. The molecule has 0 aliphatic heterocycles. The predicted octanol–water partition coefficient (Wildman–Crippen LogP) is -0.792. The quantitative estimate of drug-likeness (QED) is 0.176. The van der Waals surface area contributed by atoms with Crippen LogP contribution >= 0.6 is 0 Å². The van der Waals surface area contributed by atoms with E-state index < -0.39 is 0 Å². The molecule has 9 nitrogen and oxygen atoms in total. The molecule has 0 heterocycles. The third-order valence-corrected chi connectivity index (χ3v) is 2.86. The number of hydrogen-bond acceptors (Lipinski definition) is 6. The van der Waals surface area contributed by atoms with E-state index in [1.165, 1.54) is 13.3 Å². The Morgan fingerprint density at radius 3 is 2.04 bits per heavy atom. The lowest BCUT2D eigenvalue weighted by Gasteiger charge is -2.08. The zero-order valence-electron chi connectivity index (χ0n) is 14.2. The summed E-state index contributed by atoms with van der Waals surface area (Å²) in [6.45, 7) is 2.31. The highest BCUT2D eigenvalue weighted by molar-refractivity contribution is 5.96.